The molecule has 1 rings (SSSR count). The van der Waals surface area contributed by atoms with E-state index in [0.717, 1.165) is 6.42 Å². The molecule has 5 heteroatoms. The van der Waals surface area contributed by atoms with E-state index in [1.54, 1.807) is 0 Å². The van der Waals surface area contributed by atoms with Gasteiger partial charge in [-0.15, -0.1) is 0 Å². The minimum absolute atomic E-state index is 0.0841. The molecule has 1 aliphatic rings. The molecule has 4 N–H and O–H groups in total. The van der Waals surface area contributed by atoms with E-state index in [4.69, 9.17) is 5.73 Å². The zero-order valence-electron chi connectivity index (χ0n) is 9.95. The van der Waals surface area contributed by atoms with Gasteiger partial charge in [0.15, 0.2) is 0 Å². The standard InChI is InChI=1S/C11H21N3O2/c1-7(2)8(6-12)10(15)14-9-4-3-5-13-11(9)16/h7-9H,3-6,12H2,1-2H3,(H,13,16)(H,14,15). The van der Waals surface area contributed by atoms with E-state index in [9.17, 15) is 9.59 Å². The number of amides is 2. The van der Waals surface area contributed by atoms with Gasteiger partial charge in [0.05, 0.1) is 5.92 Å². The summed E-state index contributed by atoms with van der Waals surface area (Å²) in [6, 6.07) is -0.381. The van der Waals surface area contributed by atoms with Crippen molar-refractivity contribution in [2.75, 3.05) is 13.1 Å². The Balaban J connectivity index is 2.51. The Labute approximate surface area is 96.1 Å². The number of rotatable bonds is 4. The van der Waals surface area contributed by atoms with E-state index in [0.29, 0.717) is 19.5 Å². The van der Waals surface area contributed by atoms with Crippen molar-refractivity contribution >= 4 is 11.8 Å². The fraction of sp³-hybridized carbons (Fsp3) is 0.818. The summed E-state index contributed by atoms with van der Waals surface area (Å²) in [5.74, 6) is -0.218. The molecule has 1 heterocycles. The van der Waals surface area contributed by atoms with E-state index in [1.165, 1.54) is 0 Å². The highest BCUT2D eigenvalue weighted by atomic mass is 16.2. The van der Waals surface area contributed by atoms with Gasteiger partial charge >= 0.3 is 0 Å². The van der Waals surface area contributed by atoms with E-state index in [-0.39, 0.29) is 29.7 Å². The third-order valence-corrected chi connectivity index (χ3v) is 3.00. The molecule has 5 nitrogen and oxygen atoms in total. The largest absolute Gasteiger partial charge is 0.354 e. The summed E-state index contributed by atoms with van der Waals surface area (Å²) in [6.07, 6.45) is 1.62. The summed E-state index contributed by atoms with van der Waals surface area (Å²) in [5, 5.41) is 5.51. The molecule has 2 unspecified atom stereocenters. The van der Waals surface area contributed by atoms with Gasteiger partial charge in [0.2, 0.25) is 11.8 Å². The monoisotopic (exact) mass is 227 g/mol. The third-order valence-electron chi connectivity index (χ3n) is 3.00. The second kappa shape index (κ2) is 5.84. The van der Waals surface area contributed by atoms with Crippen molar-refractivity contribution < 1.29 is 9.59 Å². The lowest BCUT2D eigenvalue weighted by atomic mass is 9.94. The predicted molar refractivity (Wildman–Crippen MR) is 61.6 cm³/mol. The Morgan fingerprint density at radius 2 is 2.31 bits per heavy atom. The van der Waals surface area contributed by atoms with Crippen LogP contribution in [0, 0.1) is 11.8 Å². The van der Waals surface area contributed by atoms with Gasteiger partial charge in [0.1, 0.15) is 6.04 Å². The maximum Gasteiger partial charge on any atom is 0.242 e. The van der Waals surface area contributed by atoms with Crippen LogP contribution in [0.2, 0.25) is 0 Å². The number of nitrogens with two attached hydrogens (primary N) is 1. The number of hydrogen-bond acceptors (Lipinski definition) is 3. The fourth-order valence-electron chi connectivity index (χ4n) is 1.87. The minimum Gasteiger partial charge on any atom is -0.354 e. The second-order valence-corrected chi connectivity index (χ2v) is 4.58. The number of hydrogen-bond donors (Lipinski definition) is 3. The lowest BCUT2D eigenvalue weighted by molar-refractivity contribution is -0.132. The van der Waals surface area contributed by atoms with Gasteiger partial charge in [-0.1, -0.05) is 13.8 Å². The fourth-order valence-corrected chi connectivity index (χ4v) is 1.87. The molecule has 0 spiro atoms. The molecule has 0 aromatic carbocycles. The number of nitrogens with one attached hydrogen (secondary N) is 2. The summed E-state index contributed by atoms with van der Waals surface area (Å²) in [7, 11) is 0. The van der Waals surface area contributed by atoms with Crippen molar-refractivity contribution in [1.29, 1.82) is 0 Å². The summed E-state index contributed by atoms with van der Waals surface area (Å²) in [4.78, 5) is 23.3. The van der Waals surface area contributed by atoms with Crippen LogP contribution >= 0.6 is 0 Å². The smallest absolute Gasteiger partial charge is 0.242 e. The molecule has 1 fully saturated rings. The third kappa shape index (κ3) is 3.20. The first kappa shape index (κ1) is 13.0. The number of piperidine rings is 1. The minimum atomic E-state index is -0.381. The molecule has 1 aliphatic heterocycles. The van der Waals surface area contributed by atoms with Gasteiger partial charge in [-0.2, -0.15) is 0 Å². The van der Waals surface area contributed by atoms with Crippen LogP contribution in [-0.4, -0.2) is 30.9 Å². The van der Waals surface area contributed by atoms with Crippen LogP contribution in [0.3, 0.4) is 0 Å². The maximum absolute atomic E-state index is 11.9. The Kier molecular flexibility index (Phi) is 4.73. The summed E-state index contributed by atoms with van der Waals surface area (Å²) in [5.41, 5.74) is 5.55. The van der Waals surface area contributed by atoms with Crippen molar-refractivity contribution in [3.05, 3.63) is 0 Å². The van der Waals surface area contributed by atoms with Crippen LogP contribution in [0.1, 0.15) is 26.7 Å². The highest BCUT2D eigenvalue weighted by Gasteiger charge is 2.27. The van der Waals surface area contributed by atoms with Gasteiger partial charge < -0.3 is 16.4 Å². The molecular weight excluding hydrogens is 206 g/mol. The molecule has 16 heavy (non-hydrogen) atoms. The molecular formula is C11H21N3O2. The summed E-state index contributed by atoms with van der Waals surface area (Å²) >= 11 is 0. The van der Waals surface area contributed by atoms with Crippen molar-refractivity contribution in [2.24, 2.45) is 17.6 Å². The Morgan fingerprint density at radius 3 is 2.81 bits per heavy atom. The normalized spacial score (nSPS) is 22.8. The average molecular weight is 227 g/mol. The first-order valence-electron chi connectivity index (χ1n) is 5.84. The zero-order valence-corrected chi connectivity index (χ0v) is 9.95. The van der Waals surface area contributed by atoms with Gasteiger partial charge in [0, 0.05) is 13.1 Å². The molecule has 2 atom stereocenters. The highest BCUT2D eigenvalue weighted by molar-refractivity contribution is 5.89. The van der Waals surface area contributed by atoms with Crippen molar-refractivity contribution in [3.63, 3.8) is 0 Å². The van der Waals surface area contributed by atoms with Gasteiger partial charge in [-0.25, -0.2) is 0 Å². The van der Waals surface area contributed by atoms with Crippen LogP contribution in [0.5, 0.6) is 0 Å². The molecule has 1 saturated heterocycles. The quantitative estimate of drug-likeness (QED) is 0.611. The van der Waals surface area contributed by atoms with Crippen LogP contribution in [-0.2, 0) is 9.59 Å². The number of carbonyl (C=O) groups excluding carboxylic acids is 2. The lowest BCUT2D eigenvalue weighted by Gasteiger charge is -2.26. The zero-order chi connectivity index (χ0) is 12.1. The first-order valence-corrected chi connectivity index (χ1v) is 5.84. The van der Waals surface area contributed by atoms with Gasteiger partial charge in [-0.05, 0) is 18.8 Å². The topological polar surface area (TPSA) is 84.2 Å². The molecule has 0 bridgehead atoms. The van der Waals surface area contributed by atoms with Crippen molar-refractivity contribution in [1.82, 2.24) is 10.6 Å². The van der Waals surface area contributed by atoms with E-state index >= 15 is 0 Å². The van der Waals surface area contributed by atoms with E-state index in [1.807, 2.05) is 13.8 Å². The van der Waals surface area contributed by atoms with Crippen molar-refractivity contribution in [2.45, 2.75) is 32.7 Å². The molecule has 0 aromatic rings. The Morgan fingerprint density at radius 1 is 1.62 bits per heavy atom. The maximum atomic E-state index is 11.9. The molecule has 0 radical (unpaired) electrons. The van der Waals surface area contributed by atoms with E-state index < -0.39 is 0 Å². The lowest BCUT2D eigenvalue weighted by Crippen LogP contribution is -2.52. The molecule has 0 aliphatic carbocycles. The first-order chi connectivity index (χ1) is 7.56. The second-order valence-electron chi connectivity index (χ2n) is 4.58. The summed E-state index contributed by atoms with van der Waals surface area (Å²) in [6.45, 7) is 4.93. The van der Waals surface area contributed by atoms with Crippen LogP contribution in [0.15, 0.2) is 0 Å². The van der Waals surface area contributed by atoms with E-state index in [2.05, 4.69) is 10.6 Å². The van der Waals surface area contributed by atoms with Crippen LogP contribution < -0.4 is 16.4 Å². The number of carbonyl (C=O) groups is 2. The predicted octanol–water partition coefficient (Wildman–Crippen LogP) is -0.388. The van der Waals surface area contributed by atoms with Gasteiger partial charge in [-0.3, -0.25) is 9.59 Å². The van der Waals surface area contributed by atoms with Gasteiger partial charge in [0.25, 0.3) is 0 Å². The average Bonchev–Trinajstić information content (AvgIpc) is 2.22. The van der Waals surface area contributed by atoms with Crippen LogP contribution in [0.4, 0.5) is 0 Å². The van der Waals surface area contributed by atoms with Crippen LogP contribution in [0.25, 0.3) is 0 Å². The highest BCUT2D eigenvalue weighted by Crippen LogP contribution is 2.11. The summed E-state index contributed by atoms with van der Waals surface area (Å²) < 4.78 is 0. The molecule has 92 valence electrons. The molecule has 2 amide bonds. The Hall–Kier alpha value is -1.10. The SMILES string of the molecule is CC(C)C(CN)C(=O)NC1CCCNC1=O. The molecule has 0 aromatic heterocycles. The molecule has 0 saturated carbocycles. The Bertz CT molecular complexity index is 266. The van der Waals surface area contributed by atoms with Crippen molar-refractivity contribution in [3.8, 4) is 0 Å².